The quantitative estimate of drug-likeness (QED) is 0.819. The first-order valence-corrected chi connectivity index (χ1v) is 8.10. The Bertz CT molecular complexity index is 569. The fraction of sp³-hybridized carbons (Fsp3) is 0.562. The first kappa shape index (κ1) is 17.1. The lowest BCUT2D eigenvalue weighted by molar-refractivity contribution is 0.0235. The molecule has 0 bridgehead atoms. The fourth-order valence-corrected chi connectivity index (χ4v) is 2.99. The highest BCUT2D eigenvalue weighted by atomic mass is 79.9. The second kappa shape index (κ2) is 6.46. The minimum absolute atomic E-state index is 0.107. The summed E-state index contributed by atoms with van der Waals surface area (Å²) in [7, 11) is 1.62. The third kappa shape index (κ3) is 3.93. The first-order chi connectivity index (χ1) is 10.2. The van der Waals surface area contributed by atoms with Crippen molar-refractivity contribution in [3.8, 4) is 5.75 Å². The Morgan fingerprint density at radius 3 is 2.68 bits per heavy atom. The van der Waals surface area contributed by atoms with Crippen LogP contribution in [0.4, 0.5) is 4.79 Å². The van der Waals surface area contributed by atoms with E-state index in [0.717, 1.165) is 21.3 Å². The Kier molecular flexibility index (Phi) is 5.02. The molecule has 0 saturated carbocycles. The number of benzene rings is 1. The van der Waals surface area contributed by atoms with Gasteiger partial charge >= 0.3 is 6.09 Å². The van der Waals surface area contributed by atoms with E-state index in [4.69, 9.17) is 15.2 Å². The van der Waals surface area contributed by atoms with E-state index in [9.17, 15) is 4.79 Å². The highest BCUT2D eigenvalue weighted by Crippen LogP contribution is 2.34. The zero-order chi connectivity index (χ0) is 16.5. The van der Waals surface area contributed by atoms with Gasteiger partial charge in [-0.2, -0.15) is 0 Å². The standard InChI is InChI=1S/C16H23BrN2O3/c1-16(2,3)22-15(20)19-6-5-13(18)11-8-12(17)14(21-4)7-10(11)9-19/h7-8,13H,5-6,9,18H2,1-4H3/t13-/m0/s1. The minimum atomic E-state index is -0.508. The molecule has 1 aromatic carbocycles. The Morgan fingerprint density at radius 2 is 2.09 bits per heavy atom. The predicted molar refractivity (Wildman–Crippen MR) is 88.9 cm³/mol. The highest BCUT2D eigenvalue weighted by molar-refractivity contribution is 9.10. The summed E-state index contributed by atoms with van der Waals surface area (Å²) in [5, 5.41) is 0. The molecule has 0 fully saturated rings. The summed E-state index contributed by atoms with van der Waals surface area (Å²) in [6, 6.07) is 3.81. The van der Waals surface area contributed by atoms with Crippen LogP contribution in [-0.2, 0) is 11.3 Å². The van der Waals surface area contributed by atoms with Gasteiger partial charge in [0.2, 0.25) is 0 Å². The van der Waals surface area contributed by atoms with E-state index in [1.165, 1.54) is 0 Å². The maximum absolute atomic E-state index is 12.3. The zero-order valence-electron chi connectivity index (χ0n) is 13.5. The van der Waals surface area contributed by atoms with Crippen LogP contribution in [-0.4, -0.2) is 30.2 Å². The monoisotopic (exact) mass is 370 g/mol. The number of carbonyl (C=O) groups is 1. The number of methoxy groups -OCH3 is 1. The Hall–Kier alpha value is -1.27. The molecule has 0 unspecified atom stereocenters. The number of fused-ring (bicyclic) bond motifs is 1. The smallest absolute Gasteiger partial charge is 0.410 e. The number of nitrogens with zero attached hydrogens (tertiary/aromatic N) is 1. The minimum Gasteiger partial charge on any atom is -0.496 e. The average molecular weight is 371 g/mol. The van der Waals surface area contributed by atoms with Crippen LogP contribution >= 0.6 is 15.9 Å². The third-order valence-corrected chi connectivity index (χ3v) is 4.16. The topological polar surface area (TPSA) is 64.8 Å². The second-order valence-electron chi connectivity index (χ2n) is 6.48. The zero-order valence-corrected chi connectivity index (χ0v) is 15.1. The molecular weight excluding hydrogens is 348 g/mol. The summed E-state index contributed by atoms with van der Waals surface area (Å²) in [5.74, 6) is 0.733. The Balaban J connectivity index is 2.29. The number of hydrogen-bond acceptors (Lipinski definition) is 4. The number of nitrogens with two attached hydrogens (primary N) is 1. The molecule has 1 amide bonds. The lowest BCUT2D eigenvalue weighted by Crippen LogP contribution is -2.36. The van der Waals surface area contributed by atoms with Crippen molar-refractivity contribution in [3.63, 3.8) is 0 Å². The molecule has 1 atom stereocenters. The van der Waals surface area contributed by atoms with Crippen molar-refractivity contribution < 1.29 is 14.3 Å². The van der Waals surface area contributed by atoms with E-state index in [2.05, 4.69) is 15.9 Å². The molecule has 0 radical (unpaired) electrons. The van der Waals surface area contributed by atoms with Gasteiger partial charge in [-0.1, -0.05) is 0 Å². The maximum Gasteiger partial charge on any atom is 0.410 e. The summed E-state index contributed by atoms with van der Waals surface area (Å²) in [5.41, 5.74) is 7.78. The highest BCUT2D eigenvalue weighted by Gasteiger charge is 2.27. The normalized spacial score (nSPS) is 18.5. The van der Waals surface area contributed by atoms with Crippen LogP contribution in [0, 0.1) is 0 Å². The summed E-state index contributed by atoms with van der Waals surface area (Å²) < 4.78 is 11.7. The van der Waals surface area contributed by atoms with Crippen molar-refractivity contribution in [1.82, 2.24) is 4.90 Å². The predicted octanol–water partition coefficient (Wildman–Crippen LogP) is 3.60. The van der Waals surface area contributed by atoms with Gasteiger partial charge in [0, 0.05) is 19.1 Å². The van der Waals surface area contributed by atoms with Crippen LogP contribution in [0.1, 0.15) is 44.4 Å². The molecule has 6 heteroatoms. The van der Waals surface area contributed by atoms with Gasteiger partial charge in [0.05, 0.1) is 11.6 Å². The van der Waals surface area contributed by atoms with Crippen molar-refractivity contribution in [2.45, 2.75) is 45.4 Å². The van der Waals surface area contributed by atoms with Gasteiger partial charge in [0.25, 0.3) is 0 Å². The van der Waals surface area contributed by atoms with Crippen molar-refractivity contribution in [1.29, 1.82) is 0 Å². The molecular formula is C16H23BrN2O3. The number of hydrogen-bond donors (Lipinski definition) is 1. The van der Waals surface area contributed by atoms with E-state index in [1.54, 1.807) is 12.0 Å². The number of halogens is 1. The molecule has 1 aromatic rings. The van der Waals surface area contributed by atoms with E-state index >= 15 is 0 Å². The van der Waals surface area contributed by atoms with Gasteiger partial charge in [-0.25, -0.2) is 4.79 Å². The van der Waals surface area contributed by atoms with Gasteiger partial charge in [-0.15, -0.1) is 0 Å². The van der Waals surface area contributed by atoms with Crippen LogP contribution in [0.25, 0.3) is 0 Å². The summed E-state index contributed by atoms with van der Waals surface area (Å²) in [6.07, 6.45) is 0.389. The third-order valence-electron chi connectivity index (χ3n) is 3.54. The largest absolute Gasteiger partial charge is 0.496 e. The van der Waals surface area contributed by atoms with Crippen LogP contribution in [0.2, 0.25) is 0 Å². The molecule has 122 valence electrons. The van der Waals surface area contributed by atoms with Crippen molar-refractivity contribution in [3.05, 3.63) is 27.7 Å². The molecule has 1 heterocycles. The van der Waals surface area contributed by atoms with Gasteiger partial charge in [-0.3, -0.25) is 0 Å². The van der Waals surface area contributed by atoms with Crippen molar-refractivity contribution in [2.24, 2.45) is 5.73 Å². The second-order valence-corrected chi connectivity index (χ2v) is 7.34. The van der Waals surface area contributed by atoms with Gasteiger partial charge in [0.15, 0.2) is 0 Å². The number of carbonyl (C=O) groups excluding carboxylic acids is 1. The van der Waals surface area contributed by atoms with E-state index in [-0.39, 0.29) is 12.1 Å². The number of amides is 1. The molecule has 0 aliphatic carbocycles. The summed E-state index contributed by atoms with van der Waals surface area (Å²) in [4.78, 5) is 14.0. The average Bonchev–Trinajstić information content (AvgIpc) is 2.56. The summed E-state index contributed by atoms with van der Waals surface area (Å²) >= 11 is 3.49. The Labute approximate surface area is 139 Å². The summed E-state index contributed by atoms with van der Waals surface area (Å²) in [6.45, 7) is 6.64. The molecule has 1 aliphatic heterocycles. The van der Waals surface area contributed by atoms with Gasteiger partial charge in [-0.05, 0) is 66.4 Å². The molecule has 2 N–H and O–H groups in total. The lowest BCUT2D eigenvalue weighted by Gasteiger charge is -2.26. The van der Waals surface area contributed by atoms with Gasteiger partial charge < -0.3 is 20.1 Å². The molecule has 22 heavy (non-hydrogen) atoms. The first-order valence-electron chi connectivity index (χ1n) is 7.31. The van der Waals surface area contributed by atoms with E-state index in [1.807, 2.05) is 32.9 Å². The molecule has 2 rings (SSSR count). The van der Waals surface area contributed by atoms with Crippen LogP contribution in [0.3, 0.4) is 0 Å². The molecule has 0 aromatic heterocycles. The number of ether oxygens (including phenoxy) is 2. The van der Waals surface area contributed by atoms with Crippen LogP contribution in [0.15, 0.2) is 16.6 Å². The SMILES string of the molecule is COc1cc2c(cc1Br)[C@@H](N)CCN(C(=O)OC(C)(C)C)C2. The molecule has 0 spiro atoms. The van der Waals surface area contributed by atoms with Crippen LogP contribution in [0.5, 0.6) is 5.75 Å². The van der Waals surface area contributed by atoms with Crippen LogP contribution < -0.4 is 10.5 Å². The maximum atomic E-state index is 12.3. The fourth-order valence-electron chi connectivity index (χ4n) is 2.47. The molecule has 1 aliphatic rings. The van der Waals surface area contributed by atoms with E-state index in [0.29, 0.717) is 19.5 Å². The van der Waals surface area contributed by atoms with E-state index < -0.39 is 5.60 Å². The number of rotatable bonds is 1. The molecule has 0 saturated heterocycles. The molecule has 5 nitrogen and oxygen atoms in total. The van der Waals surface area contributed by atoms with Crippen molar-refractivity contribution in [2.75, 3.05) is 13.7 Å². The van der Waals surface area contributed by atoms with Crippen molar-refractivity contribution >= 4 is 22.0 Å². The van der Waals surface area contributed by atoms with Gasteiger partial charge in [0.1, 0.15) is 11.4 Å². The Morgan fingerprint density at radius 1 is 1.41 bits per heavy atom. The lowest BCUT2D eigenvalue weighted by atomic mass is 10.00.